The monoisotopic (exact) mass is 390 g/mol. The molecule has 1 saturated heterocycles. The fraction of sp³-hybridized carbons (Fsp3) is 0.300. The lowest BCUT2D eigenvalue weighted by Crippen LogP contribution is -2.34. The first kappa shape index (κ1) is 18.3. The normalized spacial score (nSPS) is 23.2. The van der Waals surface area contributed by atoms with Crippen LogP contribution in [0.3, 0.4) is 0 Å². The molecule has 8 heteroatoms. The largest absolute Gasteiger partial charge is 0.439 e. The van der Waals surface area contributed by atoms with Crippen molar-refractivity contribution in [3.8, 4) is 11.8 Å². The van der Waals surface area contributed by atoms with Gasteiger partial charge in [0.15, 0.2) is 17.7 Å². The zero-order chi connectivity index (χ0) is 19.9. The number of nitrogens with zero attached hydrogens (tertiary/aromatic N) is 1. The summed E-state index contributed by atoms with van der Waals surface area (Å²) in [5, 5.41) is 2.61. The molecule has 0 spiro atoms. The highest BCUT2D eigenvalue weighted by atomic mass is 19.3. The van der Waals surface area contributed by atoms with E-state index < -0.39 is 35.8 Å². The molecular weight excluding hydrogens is 376 g/mol. The SMILES string of the molecule is O=C1NC(c2cncc(C#CC3CC(F)(F)C3)c2)C(c2ccc(F)c(F)c2)O1. The Balaban J connectivity index is 1.58. The van der Waals surface area contributed by atoms with Gasteiger partial charge in [0.1, 0.15) is 6.04 Å². The Morgan fingerprint density at radius 3 is 2.61 bits per heavy atom. The van der Waals surface area contributed by atoms with Crippen molar-refractivity contribution in [1.29, 1.82) is 0 Å². The van der Waals surface area contributed by atoms with Crippen LogP contribution in [0.2, 0.25) is 0 Å². The number of hydrogen-bond acceptors (Lipinski definition) is 3. The third-order valence-corrected chi connectivity index (χ3v) is 4.71. The van der Waals surface area contributed by atoms with Gasteiger partial charge in [-0.25, -0.2) is 22.4 Å². The number of pyridine rings is 1. The van der Waals surface area contributed by atoms with E-state index in [9.17, 15) is 22.4 Å². The quantitative estimate of drug-likeness (QED) is 0.615. The summed E-state index contributed by atoms with van der Waals surface area (Å²) in [6.07, 6.45) is 0.897. The molecule has 28 heavy (non-hydrogen) atoms. The molecule has 0 radical (unpaired) electrons. The number of benzene rings is 1. The van der Waals surface area contributed by atoms with Crippen LogP contribution in [-0.2, 0) is 4.74 Å². The van der Waals surface area contributed by atoms with E-state index in [1.165, 1.54) is 18.5 Å². The van der Waals surface area contributed by atoms with Gasteiger partial charge in [-0.2, -0.15) is 0 Å². The van der Waals surface area contributed by atoms with Crippen LogP contribution in [0.4, 0.5) is 22.4 Å². The number of ether oxygens (including phenoxy) is 1. The Labute approximate surface area is 157 Å². The molecule has 2 atom stereocenters. The molecule has 4 nitrogen and oxygen atoms in total. The fourth-order valence-corrected chi connectivity index (χ4v) is 3.27. The predicted molar refractivity (Wildman–Crippen MR) is 90.2 cm³/mol. The number of cyclic esters (lactones) is 1. The van der Waals surface area contributed by atoms with Crippen molar-refractivity contribution < 1.29 is 27.1 Å². The summed E-state index contributed by atoms with van der Waals surface area (Å²) < 4.78 is 57.8. The van der Waals surface area contributed by atoms with E-state index in [4.69, 9.17) is 4.74 Å². The molecule has 1 amide bonds. The number of hydrogen-bond donors (Lipinski definition) is 1. The van der Waals surface area contributed by atoms with Crippen LogP contribution in [-0.4, -0.2) is 17.0 Å². The van der Waals surface area contributed by atoms with E-state index in [0.717, 1.165) is 12.1 Å². The number of nitrogens with one attached hydrogen (secondary N) is 1. The van der Waals surface area contributed by atoms with Gasteiger partial charge in [-0.15, -0.1) is 0 Å². The number of halogens is 4. The summed E-state index contributed by atoms with van der Waals surface area (Å²) in [6, 6.07) is 4.25. The average Bonchev–Trinajstić information content (AvgIpc) is 3.02. The standard InChI is InChI=1S/C20H14F4N2O2/c21-15-4-3-13(6-16(15)22)18-17(26-19(27)28-18)14-5-11(9-25-10-14)1-2-12-7-20(23,24)8-12/h3-6,9-10,12,17-18H,7-8H2,(H,26,27). The highest BCUT2D eigenvalue weighted by Gasteiger charge is 2.44. The van der Waals surface area contributed by atoms with Gasteiger partial charge in [0, 0.05) is 36.7 Å². The lowest BCUT2D eigenvalue weighted by atomic mass is 9.82. The van der Waals surface area contributed by atoms with E-state index in [-0.39, 0.29) is 24.3 Å². The van der Waals surface area contributed by atoms with Crippen molar-refractivity contribution in [3.05, 3.63) is 65.0 Å². The molecule has 2 unspecified atom stereocenters. The molecule has 1 saturated carbocycles. The molecular formula is C20H14F4N2O2. The van der Waals surface area contributed by atoms with Gasteiger partial charge in [0.25, 0.3) is 5.92 Å². The van der Waals surface area contributed by atoms with E-state index in [1.54, 1.807) is 6.07 Å². The molecule has 1 aliphatic carbocycles. The maximum absolute atomic E-state index is 13.6. The minimum Gasteiger partial charge on any atom is -0.439 e. The minimum absolute atomic E-state index is 0.252. The molecule has 2 fully saturated rings. The molecule has 2 aliphatic rings. The number of carbonyl (C=O) groups is 1. The van der Waals surface area contributed by atoms with E-state index in [1.807, 2.05) is 0 Å². The van der Waals surface area contributed by atoms with Crippen molar-refractivity contribution in [2.45, 2.75) is 30.9 Å². The van der Waals surface area contributed by atoms with Gasteiger partial charge >= 0.3 is 6.09 Å². The van der Waals surface area contributed by atoms with Crippen LogP contribution in [0, 0.1) is 29.4 Å². The van der Waals surface area contributed by atoms with Crippen molar-refractivity contribution in [2.24, 2.45) is 5.92 Å². The fourth-order valence-electron chi connectivity index (χ4n) is 3.27. The lowest BCUT2D eigenvalue weighted by molar-refractivity contribution is -0.0936. The Hall–Kier alpha value is -3.08. The molecule has 2 aromatic rings. The number of alkyl carbamates (subject to hydrolysis) is 1. The summed E-state index contributed by atoms with van der Waals surface area (Å²) >= 11 is 0. The highest BCUT2D eigenvalue weighted by Crippen LogP contribution is 2.42. The van der Waals surface area contributed by atoms with Crippen molar-refractivity contribution >= 4 is 6.09 Å². The van der Waals surface area contributed by atoms with Crippen LogP contribution in [0.5, 0.6) is 0 Å². The van der Waals surface area contributed by atoms with Gasteiger partial charge < -0.3 is 10.1 Å². The van der Waals surface area contributed by atoms with Gasteiger partial charge in [0.2, 0.25) is 0 Å². The van der Waals surface area contributed by atoms with Gasteiger partial charge in [0.05, 0.1) is 0 Å². The number of alkyl halides is 2. The Morgan fingerprint density at radius 1 is 1.11 bits per heavy atom. The van der Waals surface area contributed by atoms with Crippen molar-refractivity contribution in [3.63, 3.8) is 0 Å². The maximum Gasteiger partial charge on any atom is 0.408 e. The third-order valence-electron chi connectivity index (χ3n) is 4.71. The van der Waals surface area contributed by atoms with Gasteiger partial charge in [-0.05, 0) is 29.3 Å². The van der Waals surface area contributed by atoms with Gasteiger partial charge in [-0.1, -0.05) is 17.9 Å². The Kier molecular flexibility index (Phi) is 4.46. The van der Waals surface area contributed by atoms with Crippen LogP contribution >= 0.6 is 0 Å². The van der Waals surface area contributed by atoms with Crippen molar-refractivity contribution in [1.82, 2.24) is 10.3 Å². The highest BCUT2D eigenvalue weighted by molar-refractivity contribution is 5.71. The van der Waals surface area contributed by atoms with Crippen LogP contribution in [0.1, 0.15) is 41.7 Å². The second-order valence-corrected chi connectivity index (χ2v) is 6.86. The first-order valence-electron chi connectivity index (χ1n) is 8.57. The average molecular weight is 390 g/mol. The van der Waals surface area contributed by atoms with E-state index in [0.29, 0.717) is 11.1 Å². The summed E-state index contributed by atoms with van der Waals surface area (Å²) in [4.78, 5) is 15.8. The third kappa shape index (κ3) is 3.65. The molecule has 0 bridgehead atoms. The van der Waals surface area contributed by atoms with Crippen molar-refractivity contribution in [2.75, 3.05) is 0 Å². The second-order valence-electron chi connectivity index (χ2n) is 6.86. The molecule has 144 valence electrons. The summed E-state index contributed by atoms with van der Waals surface area (Å²) in [5.41, 5.74) is 1.33. The van der Waals surface area contributed by atoms with Crippen LogP contribution < -0.4 is 5.32 Å². The van der Waals surface area contributed by atoms with E-state index >= 15 is 0 Å². The second kappa shape index (κ2) is 6.82. The van der Waals surface area contributed by atoms with Crippen LogP contribution in [0.25, 0.3) is 0 Å². The number of rotatable bonds is 2. The number of aromatic nitrogens is 1. The first-order valence-corrected chi connectivity index (χ1v) is 8.57. The summed E-state index contributed by atoms with van der Waals surface area (Å²) in [5.74, 6) is 0.573. The summed E-state index contributed by atoms with van der Waals surface area (Å²) in [7, 11) is 0. The summed E-state index contributed by atoms with van der Waals surface area (Å²) in [6.45, 7) is 0. The Bertz CT molecular complexity index is 991. The van der Waals surface area contributed by atoms with Crippen LogP contribution in [0.15, 0.2) is 36.7 Å². The maximum atomic E-state index is 13.6. The smallest absolute Gasteiger partial charge is 0.408 e. The molecule has 1 aromatic heterocycles. The lowest BCUT2D eigenvalue weighted by Gasteiger charge is -2.31. The molecule has 1 aliphatic heterocycles. The zero-order valence-corrected chi connectivity index (χ0v) is 14.4. The molecule has 2 heterocycles. The number of carbonyl (C=O) groups excluding carboxylic acids is 1. The first-order chi connectivity index (χ1) is 13.3. The number of amides is 1. The molecule has 4 rings (SSSR count). The minimum atomic E-state index is -2.64. The molecule has 1 N–H and O–H groups in total. The predicted octanol–water partition coefficient (Wildman–Crippen LogP) is 4.28. The Morgan fingerprint density at radius 2 is 1.89 bits per heavy atom. The zero-order valence-electron chi connectivity index (χ0n) is 14.4. The van der Waals surface area contributed by atoms with Gasteiger partial charge in [-0.3, -0.25) is 4.98 Å². The molecule has 1 aromatic carbocycles. The van der Waals surface area contributed by atoms with E-state index in [2.05, 4.69) is 22.1 Å². The topological polar surface area (TPSA) is 51.2 Å².